The Morgan fingerprint density at radius 2 is 2.21 bits per heavy atom. The normalized spacial score (nSPS) is 17.5. The molecule has 0 aliphatic carbocycles. The van der Waals surface area contributed by atoms with Gasteiger partial charge in [0.15, 0.2) is 0 Å². The van der Waals surface area contributed by atoms with Crippen LogP contribution < -0.4 is 10.2 Å². The molecule has 0 saturated heterocycles. The fourth-order valence-corrected chi connectivity index (χ4v) is 2.61. The third-order valence-corrected chi connectivity index (χ3v) is 3.50. The quantitative estimate of drug-likeness (QED) is 0.922. The van der Waals surface area contributed by atoms with Crippen LogP contribution in [0.25, 0.3) is 0 Å². The van der Waals surface area contributed by atoms with Gasteiger partial charge in [-0.25, -0.2) is 0 Å². The highest BCUT2D eigenvalue weighted by molar-refractivity contribution is 6.34. The summed E-state index contributed by atoms with van der Waals surface area (Å²) in [4.78, 5) is 25.3. The van der Waals surface area contributed by atoms with Crippen LogP contribution in [0.2, 0.25) is 5.02 Å². The molecule has 0 bridgehead atoms. The molecule has 2 amide bonds. The lowest BCUT2D eigenvalue weighted by Crippen LogP contribution is -2.37. The zero-order valence-electron chi connectivity index (χ0n) is 11.1. The summed E-state index contributed by atoms with van der Waals surface area (Å²) in [5.41, 5.74) is 1.52. The summed E-state index contributed by atoms with van der Waals surface area (Å²) in [5, 5.41) is 3.24. The highest BCUT2D eigenvalue weighted by Gasteiger charge is 2.38. The number of unbranched alkanes of at least 4 members (excludes halogenated alkanes) is 1. The molecule has 2 rings (SSSR count). The molecule has 1 aromatic carbocycles. The number of para-hydroxylation sites is 1. The van der Waals surface area contributed by atoms with Crippen molar-refractivity contribution in [2.45, 2.75) is 32.7 Å². The first-order valence-electron chi connectivity index (χ1n) is 6.43. The van der Waals surface area contributed by atoms with Crippen LogP contribution in [0.3, 0.4) is 0 Å². The first kappa shape index (κ1) is 13.9. The van der Waals surface area contributed by atoms with Gasteiger partial charge in [0.05, 0.1) is 10.7 Å². The van der Waals surface area contributed by atoms with Crippen molar-refractivity contribution >= 4 is 29.1 Å². The van der Waals surface area contributed by atoms with Gasteiger partial charge >= 0.3 is 0 Å². The van der Waals surface area contributed by atoms with Crippen LogP contribution in [0.4, 0.5) is 5.69 Å². The minimum Gasteiger partial charge on any atom is -0.341 e. The smallest absolute Gasteiger partial charge is 0.254 e. The Hall–Kier alpha value is -1.55. The number of halogens is 1. The van der Waals surface area contributed by atoms with Crippen LogP contribution in [0.15, 0.2) is 18.2 Å². The van der Waals surface area contributed by atoms with Crippen molar-refractivity contribution in [1.82, 2.24) is 5.32 Å². The number of hydrogen-bond acceptors (Lipinski definition) is 2. The lowest BCUT2D eigenvalue weighted by Gasteiger charge is -2.18. The van der Waals surface area contributed by atoms with Gasteiger partial charge in [0.1, 0.15) is 6.04 Å². The molecule has 1 N–H and O–H groups in total. The van der Waals surface area contributed by atoms with Gasteiger partial charge in [0.25, 0.3) is 5.91 Å². The molecule has 1 aliphatic rings. The monoisotopic (exact) mass is 280 g/mol. The number of hydrogen-bond donors (Lipinski definition) is 1. The number of benzene rings is 1. The maximum atomic E-state index is 12.4. The fraction of sp³-hybridized carbons (Fsp3) is 0.429. The average molecular weight is 281 g/mol. The number of nitrogens with one attached hydrogen (secondary N) is 1. The van der Waals surface area contributed by atoms with Crippen molar-refractivity contribution in [2.75, 3.05) is 11.4 Å². The van der Waals surface area contributed by atoms with E-state index >= 15 is 0 Å². The Balaban J connectivity index is 2.40. The van der Waals surface area contributed by atoms with Gasteiger partial charge in [-0.3, -0.25) is 9.59 Å². The summed E-state index contributed by atoms with van der Waals surface area (Å²) in [5.74, 6) is -0.326. The minimum absolute atomic E-state index is 0.105. The minimum atomic E-state index is -0.608. The van der Waals surface area contributed by atoms with Crippen molar-refractivity contribution in [1.29, 1.82) is 0 Å². The maximum absolute atomic E-state index is 12.4. The molecular formula is C14H17ClN2O2. The Labute approximate surface area is 117 Å². The Bertz CT molecular complexity index is 516. The SMILES string of the molecule is CCCCN1C(=O)[C@H](NC(C)=O)c2cccc(Cl)c21. The second kappa shape index (κ2) is 5.61. The summed E-state index contributed by atoms with van der Waals surface area (Å²) in [6.45, 7) is 4.10. The van der Waals surface area contributed by atoms with E-state index in [2.05, 4.69) is 12.2 Å². The fourth-order valence-electron chi connectivity index (χ4n) is 2.33. The third kappa shape index (κ3) is 2.59. The molecule has 1 atom stereocenters. The van der Waals surface area contributed by atoms with Crippen molar-refractivity contribution in [2.24, 2.45) is 0 Å². The van der Waals surface area contributed by atoms with Crippen molar-refractivity contribution in [3.8, 4) is 0 Å². The number of anilines is 1. The number of rotatable bonds is 4. The van der Waals surface area contributed by atoms with E-state index in [4.69, 9.17) is 11.6 Å². The Morgan fingerprint density at radius 3 is 2.84 bits per heavy atom. The van der Waals surface area contributed by atoms with Crippen LogP contribution in [0, 0.1) is 0 Å². The lowest BCUT2D eigenvalue weighted by molar-refractivity contribution is -0.126. The van der Waals surface area contributed by atoms with Gasteiger partial charge in [-0.2, -0.15) is 0 Å². The molecule has 0 aromatic heterocycles. The van der Waals surface area contributed by atoms with Crippen molar-refractivity contribution in [3.63, 3.8) is 0 Å². The molecule has 4 nitrogen and oxygen atoms in total. The number of carbonyl (C=O) groups is 2. The largest absolute Gasteiger partial charge is 0.341 e. The van der Waals surface area contributed by atoms with Crippen molar-refractivity contribution in [3.05, 3.63) is 28.8 Å². The summed E-state index contributed by atoms with van der Waals surface area (Å²) in [6, 6.07) is 4.80. The molecule has 0 radical (unpaired) electrons. The average Bonchev–Trinajstić information content (AvgIpc) is 2.62. The first-order chi connectivity index (χ1) is 9.06. The lowest BCUT2D eigenvalue weighted by atomic mass is 10.1. The highest BCUT2D eigenvalue weighted by Crippen LogP contribution is 2.40. The molecule has 0 fully saturated rings. The predicted octanol–water partition coefficient (Wildman–Crippen LogP) is 2.66. The number of carbonyl (C=O) groups excluding carboxylic acids is 2. The molecule has 19 heavy (non-hydrogen) atoms. The molecule has 102 valence electrons. The van der Waals surface area contributed by atoms with E-state index in [1.165, 1.54) is 6.92 Å². The second-order valence-corrected chi connectivity index (χ2v) is 5.06. The summed E-state index contributed by atoms with van der Waals surface area (Å²) in [6.07, 6.45) is 1.90. The highest BCUT2D eigenvalue weighted by atomic mass is 35.5. The van der Waals surface area contributed by atoms with E-state index in [-0.39, 0.29) is 11.8 Å². The number of amides is 2. The first-order valence-corrected chi connectivity index (χ1v) is 6.81. The standard InChI is InChI=1S/C14H17ClN2O2/c1-3-4-8-17-13-10(6-5-7-11(13)15)12(14(17)19)16-9(2)18/h5-7,12H,3-4,8H2,1-2H3,(H,16,18)/t12-/m1/s1. The molecule has 0 unspecified atom stereocenters. The Morgan fingerprint density at radius 1 is 1.47 bits per heavy atom. The van der Waals surface area contributed by atoms with Crippen LogP contribution in [-0.2, 0) is 9.59 Å². The van der Waals surface area contributed by atoms with Gasteiger partial charge in [-0.15, -0.1) is 0 Å². The van der Waals surface area contributed by atoms with E-state index in [1.54, 1.807) is 17.0 Å². The van der Waals surface area contributed by atoms with E-state index in [0.29, 0.717) is 11.6 Å². The Kier molecular flexibility index (Phi) is 4.10. The van der Waals surface area contributed by atoms with Crippen LogP contribution in [-0.4, -0.2) is 18.4 Å². The van der Waals surface area contributed by atoms with Gasteiger partial charge in [0, 0.05) is 19.0 Å². The molecule has 0 spiro atoms. The molecular weight excluding hydrogens is 264 g/mol. The maximum Gasteiger partial charge on any atom is 0.254 e. The van der Waals surface area contributed by atoms with Gasteiger partial charge in [0.2, 0.25) is 5.91 Å². The van der Waals surface area contributed by atoms with Crippen LogP contribution in [0.5, 0.6) is 0 Å². The molecule has 5 heteroatoms. The zero-order valence-corrected chi connectivity index (χ0v) is 11.8. The van der Waals surface area contributed by atoms with Gasteiger partial charge < -0.3 is 10.2 Å². The molecule has 1 heterocycles. The van der Waals surface area contributed by atoms with Gasteiger partial charge in [-0.1, -0.05) is 37.1 Å². The third-order valence-electron chi connectivity index (χ3n) is 3.19. The summed E-state index contributed by atoms with van der Waals surface area (Å²) < 4.78 is 0. The predicted molar refractivity (Wildman–Crippen MR) is 75.3 cm³/mol. The number of fused-ring (bicyclic) bond motifs is 1. The molecule has 1 aromatic rings. The van der Waals surface area contributed by atoms with Crippen LogP contribution >= 0.6 is 11.6 Å². The van der Waals surface area contributed by atoms with Crippen LogP contribution in [0.1, 0.15) is 38.3 Å². The van der Waals surface area contributed by atoms with E-state index in [1.807, 2.05) is 6.07 Å². The summed E-state index contributed by atoms with van der Waals surface area (Å²) >= 11 is 6.20. The van der Waals surface area contributed by atoms with Crippen molar-refractivity contribution < 1.29 is 9.59 Å². The molecule has 0 saturated carbocycles. The van der Waals surface area contributed by atoms with E-state index in [0.717, 1.165) is 24.1 Å². The second-order valence-electron chi connectivity index (χ2n) is 4.65. The summed E-state index contributed by atoms with van der Waals surface area (Å²) in [7, 11) is 0. The van der Waals surface area contributed by atoms with E-state index in [9.17, 15) is 9.59 Å². The van der Waals surface area contributed by atoms with E-state index < -0.39 is 6.04 Å². The van der Waals surface area contributed by atoms with Gasteiger partial charge in [-0.05, 0) is 12.5 Å². The molecule has 1 aliphatic heterocycles. The zero-order chi connectivity index (χ0) is 14.0. The topological polar surface area (TPSA) is 49.4 Å². The number of nitrogens with zero attached hydrogens (tertiary/aromatic N) is 1.